The van der Waals surface area contributed by atoms with Crippen LogP contribution in [0.1, 0.15) is 20.3 Å². The Hall–Kier alpha value is -0.900. The maximum Gasteiger partial charge on any atom is 0.219 e. The molecule has 0 aliphatic carbocycles. The highest BCUT2D eigenvalue weighted by Crippen LogP contribution is 1.82. The van der Waals surface area contributed by atoms with Gasteiger partial charge in [0.25, 0.3) is 0 Å². The molecule has 4 heteroatoms. The van der Waals surface area contributed by atoms with Gasteiger partial charge in [-0.25, -0.2) is 0 Å². The van der Waals surface area contributed by atoms with Crippen molar-refractivity contribution in [1.29, 1.82) is 0 Å². The van der Waals surface area contributed by atoms with E-state index < -0.39 is 0 Å². The lowest BCUT2D eigenvalue weighted by Crippen LogP contribution is -2.34. The quantitative estimate of drug-likeness (QED) is 0.637. The Labute approximate surface area is 79.3 Å². The summed E-state index contributed by atoms with van der Waals surface area (Å²) in [6.45, 7) is 5.14. The van der Waals surface area contributed by atoms with Crippen LogP contribution in [0, 0.1) is 0 Å². The highest BCUT2D eigenvalue weighted by atomic mass is 16.1. The van der Waals surface area contributed by atoms with E-state index in [9.17, 15) is 9.59 Å². The molecule has 0 rings (SSSR count). The van der Waals surface area contributed by atoms with Crippen molar-refractivity contribution in [2.45, 2.75) is 20.3 Å². The first-order valence-corrected chi connectivity index (χ1v) is 4.51. The minimum absolute atomic E-state index is 0.0521. The lowest BCUT2D eigenvalue weighted by Gasteiger charge is -2.14. The number of ketones is 1. The van der Waals surface area contributed by atoms with Crippen molar-refractivity contribution in [1.82, 2.24) is 10.2 Å². The maximum atomic E-state index is 10.8. The number of rotatable bonds is 6. The minimum Gasteiger partial charge on any atom is -0.355 e. The molecule has 4 nitrogen and oxygen atoms in total. The molecule has 0 aromatic rings. The number of hydrogen-bond acceptors (Lipinski definition) is 3. The first kappa shape index (κ1) is 12.1. The molecule has 0 aromatic carbocycles. The van der Waals surface area contributed by atoms with Gasteiger partial charge >= 0.3 is 0 Å². The highest BCUT2D eigenvalue weighted by molar-refractivity contribution is 5.77. The number of hydrogen-bond donors (Lipinski definition) is 1. The molecule has 0 radical (unpaired) electrons. The van der Waals surface area contributed by atoms with Crippen molar-refractivity contribution in [2.24, 2.45) is 0 Å². The zero-order chi connectivity index (χ0) is 10.3. The summed E-state index contributed by atoms with van der Waals surface area (Å²) in [5.74, 6) is 0.195. The third-order valence-corrected chi connectivity index (χ3v) is 1.63. The largest absolute Gasteiger partial charge is 0.355 e. The predicted molar refractivity (Wildman–Crippen MR) is 51.5 cm³/mol. The van der Waals surface area contributed by atoms with Crippen molar-refractivity contribution >= 4 is 11.7 Å². The van der Waals surface area contributed by atoms with Crippen molar-refractivity contribution in [3.05, 3.63) is 0 Å². The van der Waals surface area contributed by atoms with Gasteiger partial charge in [0.2, 0.25) is 5.91 Å². The molecule has 0 saturated heterocycles. The van der Waals surface area contributed by atoms with Crippen molar-refractivity contribution in [3.8, 4) is 0 Å². The fourth-order valence-corrected chi connectivity index (χ4v) is 0.970. The number of nitrogens with zero attached hydrogens (tertiary/aromatic N) is 1. The molecular weight excluding hydrogens is 168 g/mol. The van der Waals surface area contributed by atoms with Gasteiger partial charge in [0.1, 0.15) is 5.78 Å². The van der Waals surface area contributed by atoms with Crippen LogP contribution >= 0.6 is 0 Å². The van der Waals surface area contributed by atoms with Crippen LogP contribution < -0.4 is 5.32 Å². The van der Waals surface area contributed by atoms with Gasteiger partial charge in [-0.05, 0) is 14.0 Å². The fourth-order valence-electron chi connectivity index (χ4n) is 0.970. The van der Waals surface area contributed by atoms with E-state index >= 15 is 0 Å². The Kier molecular flexibility index (Phi) is 6.14. The monoisotopic (exact) mass is 186 g/mol. The van der Waals surface area contributed by atoms with E-state index in [1.807, 2.05) is 18.9 Å². The van der Waals surface area contributed by atoms with E-state index in [0.29, 0.717) is 26.1 Å². The average Bonchev–Trinajstić information content (AvgIpc) is 2.02. The van der Waals surface area contributed by atoms with Gasteiger partial charge in [-0.3, -0.25) is 14.5 Å². The standard InChI is InChI=1S/C9H18N2O2/c1-4-9(13)10-5-6-11(3)7-8(2)12/h4-7H2,1-3H3,(H,10,13). The molecule has 0 heterocycles. The molecule has 0 fully saturated rings. The zero-order valence-corrected chi connectivity index (χ0v) is 8.59. The van der Waals surface area contributed by atoms with Gasteiger partial charge in [-0.15, -0.1) is 0 Å². The van der Waals surface area contributed by atoms with Crippen molar-refractivity contribution in [2.75, 3.05) is 26.7 Å². The number of likely N-dealkylation sites (N-methyl/N-ethyl adjacent to an activating group) is 1. The van der Waals surface area contributed by atoms with Gasteiger partial charge in [-0.2, -0.15) is 0 Å². The average molecular weight is 186 g/mol. The van der Waals surface area contributed by atoms with Crippen molar-refractivity contribution < 1.29 is 9.59 Å². The molecule has 76 valence electrons. The second-order valence-corrected chi connectivity index (χ2v) is 3.14. The lowest BCUT2D eigenvalue weighted by atomic mass is 10.4. The van der Waals surface area contributed by atoms with Crippen LogP contribution in [0.4, 0.5) is 0 Å². The summed E-state index contributed by atoms with van der Waals surface area (Å²) in [4.78, 5) is 23.4. The second kappa shape index (κ2) is 6.60. The number of Topliss-reactive ketones (excluding diaryl/α,β-unsaturated/α-hetero) is 1. The molecule has 0 saturated carbocycles. The molecule has 0 bridgehead atoms. The summed E-state index contributed by atoms with van der Waals surface area (Å²) in [5, 5.41) is 2.74. The van der Waals surface area contributed by atoms with E-state index in [-0.39, 0.29) is 11.7 Å². The van der Waals surface area contributed by atoms with E-state index in [1.165, 1.54) is 0 Å². The SMILES string of the molecule is CCC(=O)NCCN(C)CC(C)=O. The Balaban J connectivity index is 3.42. The molecular formula is C9H18N2O2. The van der Waals surface area contributed by atoms with Crippen LogP contribution in [0.15, 0.2) is 0 Å². The number of carbonyl (C=O) groups excluding carboxylic acids is 2. The minimum atomic E-state index is 0.0521. The lowest BCUT2D eigenvalue weighted by molar-refractivity contribution is -0.120. The molecule has 0 aliphatic heterocycles. The second-order valence-electron chi connectivity index (χ2n) is 3.14. The predicted octanol–water partition coefficient (Wildman–Crippen LogP) is 0.0334. The summed E-state index contributed by atoms with van der Waals surface area (Å²) >= 11 is 0. The molecule has 1 amide bonds. The fraction of sp³-hybridized carbons (Fsp3) is 0.778. The van der Waals surface area contributed by atoms with E-state index in [4.69, 9.17) is 0 Å². The molecule has 13 heavy (non-hydrogen) atoms. The summed E-state index contributed by atoms with van der Waals surface area (Å²) in [6.07, 6.45) is 0.510. The number of carbonyl (C=O) groups is 2. The number of amides is 1. The van der Waals surface area contributed by atoms with Gasteiger partial charge in [0.15, 0.2) is 0 Å². The maximum absolute atomic E-state index is 10.8. The summed E-state index contributed by atoms with van der Waals surface area (Å²) in [6, 6.07) is 0. The van der Waals surface area contributed by atoms with Crippen LogP contribution in [-0.2, 0) is 9.59 Å². The van der Waals surface area contributed by atoms with Crippen LogP contribution in [0.3, 0.4) is 0 Å². The first-order chi connectivity index (χ1) is 6.06. The van der Waals surface area contributed by atoms with Crippen LogP contribution in [0.5, 0.6) is 0 Å². The van der Waals surface area contributed by atoms with Crippen LogP contribution in [0.2, 0.25) is 0 Å². The van der Waals surface area contributed by atoms with Gasteiger partial charge < -0.3 is 5.32 Å². The smallest absolute Gasteiger partial charge is 0.219 e. The normalized spacial score (nSPS) is 10.2. The zero-order valence-electron chi connectivity index (χ0n) is 8.59. The van der Waals surface area contributed by atoms with E-state index in [2.05, 4.69) is 5.32 Å². The number of nitrogens with one attached hydrogen (secondary N) is 1. The van der Waals surface area contributed by atoms with Gasteiger partial charge in [0.05, 0.1) is 6.54 Å². The Morgan fingerprint density at radius 1 is 1.38 bits per heavy atom. The molecule has 0 aliphatic rings. The Morgan fingerprint density at radius 3 is 2.46 bits per heavy atom. The van der Waals surface area contributed by atoms with Gasteiger partial charge in [-0.1, -0.05) is 6.92 Å². The van der Waals surface area contributed by atoms with Crippen molar-refractivity contribution in [3.63, 3.8) is 0 Å². The topological polar surface area (TPSA) is 49.4 Å². The first-order valence-electron chi connectivity index (χ1n) is 4.51. The molecule has 1 N–H and O–H groups in total. The van der Waals surface area contributed by atoms with Crippen LogP contribution in [0.25, 0.3) is 0 Å². The van der Waals surface area contributed by atoms with E-state index in [1.54, 1.807) is 6.92 Å². The Morgan fingerprint density at radius 2 is 2.00 bits per heavy atom. The third kappa shape index (κ3) is 7.46. The molecule has 0 atom stereocenters. The molecule has 0 aromatic heterocycles. The molecule has 0 unspecified atom stereocenters. The Bertz CT molecular complexity index is 180. The summed E-state index contributed by atoms with van der Waals surface area (Å²) in [7, 11) is 1.86. The van der Waals surface area contributed by atoms with E-state index in [0.717, 1.165) is 0 Å². The van der Waals surface area contributed by atoms with Crippen LogP contribution in [-0.4, -0.2) is 43.3 Å². The summed E-state index contributed by atoms with van der Waals surface area (Å²) in [5.41, 5.74) is 0. The summed E-state index contributed by atoms with van der Waals surface area (Å²) < 4.78 is 0. The molecule has 0 spiro atoms. The van der Waals surface area contributed by atoms with Gasteiger partial charge in [0, 0.05) is 19.5 Å². The highest BCUT2D eigenvalue weighted by Gasteiger charge is 2.01. The third-order valence-electron chi connectivity index (χ3n) is 1.63.